The van der Waals surface area contributed by atoms with Gasteiger partial charge in [-0.3, -0.25) is 9.59 Å². The summed E-state index contributed by atoms with van der Waals surface area (Å²) in [5, 5.41) is 0.583. The molecule has 0 spiro atoms. The number of aromatic amines is 1. The number of fused-ring (bicyclic) bond motifs is 1. The molecule has 24 heavy (non-hydrogen) atoms. The minimum Gasteiger partial charge on any atom is -0.341 e. The van der Waals surface area contributed by atoms with Crippen LogP contribution in [0.2, 0.25) is 0 Å². The number of nitrogens with zero attached hydrogens (tertiary/aromatic N) is 3. The van der Waals surface area contributed by atoms with Gasteiger partial charge in [-0.15, -0.1) is 0 Å². The first kappa shape index (κ1) is 16.6. The van der Waals surface area contributed by atoms with E-state index in [9.17, 15) is 9.59 Å². The SMILES string of the molecule is CCN1CCCN(C(=O)CCc2nc3ccccc3c(=O)[nH]2)CC1. The minimum atomic E-state index is -0.142. The Morgan fingerprint density at radius 2 is 2.04 bits per heavy atom. The van der Waals surface area contributed by atoms with E-state index < -0.39 is 0 Å². The lowest BCUT2D eigenvalue weighted by molar-refractivity contribution is -0.131. The van der Waals surface area contributed by atoms with Gasteiger partial charge in [-0.2, -0.15) is 0 Å². The van der Waals surface area contributed by atoms with Crippen molar-refractivity contribution in [3.8, 4) is 0 Å². The monoisotopic (exact) mass is 328 g/mol. The van der Waals surface area contributed by atoms with E-state index in [4.69, 9.17) is 0 Å². The van der Waals surface area contributed by atoms with Gasteiger partial charge >= 0.3 is 0 Å². The van der Waals surface area contributed by atoms with Gasteiger partial charge in [0.1, 0.15) is 5.82 Å². The fraction of sp³-hybridized carbons (Fsp3) is 0.500. The van der Waals surface area contributed by atoms with Gasteiger partial charge in [0.15, 0.2) is 0 Å². The molecule has 6 nitrogen and oxygen atoms in total. The van der Waals surface area contributed by atoms with Crippen LogP contribution in [0.15, 0.2) is 29.1 Å². The van der Waals surface area contributed by atoms with E-state index in [0.29, 0.717) is 29.6 Å². The summed E-state index contributed by atoms with van der Waals surface area (Å²) < 4.78 is 0. The number of hydrogen-bond acceptors (Lipinski definition) is 4. The average Bonchev–Trinajstić information content (AvgIpc) is 2.85. The first-order valence-corrected chi connectivity index (χ1v) is 8.65. The van der Waals surface area contributed by atoms with Gasteiger partial charge in [-0.05, 0) is 31.6 Å². The number of aromatic nitrogens is 2. The molecule has 1 saturated heterocycles. The fourth-order valence-electron chi connectivity index (χ4n) is 3.17. The molecule has 1 aliphatic rings. The van der Waals surface area contributed by atoms with E-state index in [0.717, 1.165) is 39.1 Å². The number of carbonyl (C=O) groups excluding carboxylic acids is 1. The molecule has 3 rings (SSSR count). The third-order valence-electron chi connectivity index (χ3n) is 4.63. The van der Waals surface area contributed by atoms with Crippen LogP contribution in [0.1, 0.15) is 25.6 Å². The molecule has 0 saturated carbocycles. The predicted molar refractivity (Wildman–Crippen MR) is 94.0 cm³/mol. The molecular weight excluding hydrogens is 304 g/mol. The number of para-hydroxylation sites is 1. The fourth-order valence-corrected chi connectivity index (χ4v) is 3.17. The summed E-state index contributed by atoms with van der Waals surface area (Å²) in [6.45, 7) is 6.78. The molecule has 0 atom stereocenters. The molecule has 1 fully saturated rings. The molecule has 1 N–H and O–H groups in total. The highest BCUT2D eigenvalue weighted by atomic mass is 16.2. The number of hydrogen-bond donors (Lipinski definition) is 1. The quantitative estimate of drug-likeness (QED) is 0.921. The molecule has 1 aromatic heterocycles. The van der Waals surface area contributed by atoms with Crippen LogP contribution in [-0.4, -0.2) is 58.4 Å². The zero-order chi connectivity index (χ0) is 16.9. The molecule has 0 bridgehead atoms. The number of nitrogens with one attached hydrogen (secondary N) is 1. The average molecular weight is 328 g/mol. The topological polar surface area (TPSA) is 69.3 Å². The van der Waals surface area contributed by atoms with Gasteiger partial charge in [-0.1, -0.05) is 19.1 Å². The highest BCUT2D eigenvalue weighted by Gasteiger charge is 2.18. The number of rotatable bonds is 4. The zero-order valence-electron chi connectivity index (χ0n) is 14.1. The Labute approximate surface area is 141 Å². The zero-order valence-corrected chi connectivity index (χ0v) is 14.1. The molecule has 1 amide bonds. The number of aryl methyl sites for hydroxylation is 1. The van der Waals surface area contributed by atoms with Crippen LogP contribution in [0.4, 0.5) is 0 Å². The van der Waals surface area contributed by atoms with Crippen molar-refractivity contribution in [2.24, 2.45) is 0 Å². The van der Waals surface area contributed by atoms with Gasteiger partial charge in [0.2, 0.25) is 5.91 Å². The van der Waals surface area contributed by atoms with Crippen molar-refractivity contribution in [2.45, 2.75) is 26.2 Å². The Morgan fingerprint density at radius 1 is 1.21 bits per heavy atom. The minimum absolute atomic E-state index is 0.142. The first-order valence-electron chi connectivity index (χ1n) is 8.65. The van der Waals surface area contributed by atoms with E-state index in [-0.39, 0.29) is 11.5 Å². The maximum Gasteiger partial charge on any atom is 0.258 e. The number of H-pyrrole nitrogens is 1. The van der Waals surface area contributed by atoms with Crippen molar-refractivity contribution < 1.29 is 4.79 Å². The van der Waals surface area contributed by atoms with Crippen molar-refractivity contribution in [1.82, 2.24) is 19.8 Å². The molecule has 1 aromatic carbocycles. The number of amides is 1. The van der Waals surface area contributed by atoms with Crippen LogP contribution in [0.3, 0.4) is 0 Å². The third-order valence-corrected chi connectivity index (χ3v) is 4.63. The number of carbonyl (C=O) groups is 1. The Kier molecular flexibility index (Phi) is 5.25. The summed E-state index contributed by atoms with van der Waals surface area (Å²) in [5.41, 5.74) is 0.536. The third kappa shape index (κ3) is 3.82. The van der Waals surface area contributed by atoms with E-state index in [2.05, 4.69) is 21.8 Å². The standard InChI is InChI=1S/C18H24N4O2/c1-2-21-10-5-11-22(13-12-21)17(23)9-8-16-19-15-7-4-3-6-14(15)18(24)20-16/h3-4,6-7H,2,5,8-13H2,1H3,(H,19,20,24). The number of benzene rings is 1. The van der Waals surface area contributed by atoms with Crippen molar-refractivity contribution in [3.05, 3.63) is 40.4 Å². The number of likely N-dealkylation sites (N-methyl/N-ethyl adjacent to an activating group) is 1. The Balaban J connectivity index is 1.63. The van der Waals surface area contributed by atoms with E-state index in [1.165, 1.54) is 0 Å². The van der Waals surface area contributed by atoms with Gasteiger partial charge < -0.3 is 14.8 Å². The molecule has 2 heterocycles. The normalized spacial score (nSPS) is 16.3. The van der Waals surface area contributed by atoms with Crippen LogP contribution in [0.25, 0.3) is 10.9 Å². The van der Waals surface area contributed by atoms with Gasteiger partial charge in [0.25, 0.3) is 5.56 Å². The van der Waals surface area contributed by atoms with E-state index in [1.807, 2.05) is 23.1 Å². The molecular formula is C18H24N4O2. The lowest BCUT2D eigenvalue weighted by atomic mass is 10.2. The molecule has 0 aliphatic carbocycles. The lowest BCUT2D eigenvalue weighted by Gasteiger charge is -2.21. The second-order valence-corrected chi connectivity index (χ2v) is 6.20. The molecule has 0 radical (unpaired) electrons. The highest BCUT2D eigenvalue weighted by molar-refractivity contribution is 5.78. The maximum absolute atomic E-state index is 12.5. The summed E-state index contributed by atoms with van der Waals surface area (Å²) in [4.78, 5) is 36.1. The smallest absolute Gasteiger partial charge is 0.258 e. The van der Waals surface area contributed by atoms with Gasteiger partial charge in [-0.25, -0.2) is 4.98 Å². The van der Waals surface area contributed by atoms with Crippen LogP contribution in [-0.2, 0) is 11.2 Å². The Morgan fingerprint density at radius 3 is 2.88 bits per heavy atom. The largest absolute Gasteiger partial charge is 0.341 e. The van der Waals surface area contributed by atoms with E-state index >= 15 is 0 Å². The second kappa shape index (κ2) is 7.57. The summed E-state index contributed by atoms with van der Waals surface area (Å²) in [7, 11) is 0. The Hall–Kier alpha value is -2.21. The predicted octanol–water partition coefficient (Wildman–Crippen LogP) is 1.41. The molecule has 6 heteroatoms. The van der Waals surface area contributed by atoms with Crippen molar-refractivity contribution in [1.29, 1.82) is 0 Å². The molecule has 0 unspecified atom stereocenters. The second-order valence-electron chi connectivity index (χ2n) is 6.20. The molecule has 2 aromatic rings. The first-order chi connectivity index (χ1) is 11.7. The van der Waals surface area contributed by atoms with Crippen molar-refractivity contribution in [2.75, 3.05) is 32.7 Å². The molecule has 1 aliphatic heterocycles. The van der Waals surface area contributed by atoms with Crippen LogP contribution in [0, 0.1) is 0 Å². The summed E-state index contributed by atoms with van der Waals surface area (Å²) >= 11 is 0. The Bertz CT molecular complexity index is 771. The maximum atomic E-state index is 12.5. The van der Waals surface area contributed by atoms with Gasteiger partial charge in [0, 0.05) is 32.5 Å². The lowest BCUT2D eigenvalue weighted by Crippen LogP contribution is -2.35. The summed E-state index contributed by atoms with van der Waals surface area (Å²) in [6, 6.07) is 7.26. The summed E-state index contributed by atoms with van der Waals surface area (Å²) in [6.07, 6.45) is 1.87. The van der Waals surface area contributed by atoms with E-state index in [1.54, 1.807) is 6.07 Å². The van der Waals surface area contributed by atoms with Gasteiger partial charge in [0.05, 0.1) is 10.9 Å². The molecule has 128 valence electrons. The summed E-state index contributed by atoms with van der Waals surface area (Å²) in [5.74, 6) is 0.723. The highest BCUT2D eigenvalue weighted by Crippen LogP contribution is 2.09. The van der Waals surface area contributed by atoms with Crippen LogP contribution >= 0.6 is 0 Å². The van der Waals surface area contributed by atoms with Crippen LogP contribution in [0.5, 0.6) is 0 Å². The van der Waals surface area contributed by atoms with Crippen LogP contribution < -0.4 is 5.56 Å². The van der Waals surface area contributed by atoms with Crippen molar-refractivity contribution >= 4 is 16.8 Å². The van der Waals surface area contributed by atoms with Crippen molar-refractivity contribution in [3.63, 3.8) is 0 Å².